The van der Waals surface area contributed by atoms with Crippen molar-refractivity contribution in [3.8, 4) is 0 Å². The van der Waals surface area contributed by atoms with Gasteiger partial charge in [-0.15, -0.1) is 0 Å². The highest BCUT2D eigenvalue weighted by Gasteiger charge is 2.25. The van der Waals surface area contributed by atoms with Crippen molar-refractivity contribution >= 4 is 5.97 Å². The maximum atomic E-state index is 11.7. The molecule has 3 nitrogen and oxygen atoms in total. The Kier molecular flexibility index (Phi) is 5.57. The smallest absolute Gasteiger partial charge is 0.338 e. The number of benzene rings is 1. The van der Waals surface area contributed by atoms with Crippen molar-refractivity contribution < 1.29 is 14.3 Å². The molecule has 0 N–H and O–H groups in total. The van der Waals surface area contributed by atoms with E-state index in [9.17, 15) is 4.79 Å². The summed E-state index contributed by atoms with van der Waals surface area (Å²) in [5.74, 6) is -0.276. The van der Waals surface area contributed by atoms with Crippen molar-refractivity contribution in [3.05, 3.63) is 47.5 Å². The first-order chi connectivity index (χ1) is 10.1. The highest BCUT2D eigenvalue weighted by atomic mass is 16.5. The highest BCUT2D eigenvalue weighted by molar-refractivity contribution is 5.89. The predicted octanol–water partition coefficient (Wildman–Crippen LogP) is 4.44. The van der Waals surface area contributed by atoms with Crippen molar-refractivity contribution in [3.63, 3.8) is 0 Å². The molecule has 0 aromatic heterocycles. The summed E-state index contributed by atoms with van der Waals surface area (Å²) in [5, 5.41) is 0. The summed E-state index contributed by atoms with van der Waals surface area (Å²) in [6.45, 7) is 8.51. The minimum absolute atomic E-state index is 0.0547. The van der Waals surface area contributed by atoms with Gasteiger partial charge >= 0.3 is 5.97 Å². The molecule has 1 fully saturated rings. The summed E-state index contributed by atoms with van der Waals surface area (Å²) in [6, 6.07) is 7.53. The van der Waals surface area contributed by atoms with Gasteiger partial charge in [-0.3, -0.25) is 0 Å². The molecule has 3 heteroatoms. The van der Waals surface area contributed by atoms with E-state index in [1.807, 2.05) is 31.2 Å². The van der Waals surface area contributed by atoms with E-state index in [2.05, 4.69) is 13.5 Å². The Hall–Kier alpha value is -1.61. The van der Waals surface area contributed by atoms with Crippen molar-refractivity contribution in [2.75, 3.05) is 6.61 Å². The first-order valence-corrected chi connectivity index (χ1v) is 7.73. The van der Waals surface area contributed by atoms with Crippen LogP contribution in [-0.4, -0.2) is 18.7 Å². The first kappa shape index (κ1) is 15.8. The molecule has 2 atom stereocenters. The lowest BCUT2D eigenvalue weighted by molar-refractivity contribution is -0.0366. The molecule has 0 amide bonds. The Labute approximate surface area is 127 Å². The molecule has 114 valence electrons. The molecule has 1 saturated heterocycles. The average molecular weight is 288 g/mol. The van der Waals surface area contributed by atoms with Crippen LogP contribution in [0, 0.1) is 0 Å². The number of ether oxygens (including phenoxy) is 2. The molecule has 0 saturated carbocycles. The highest BCUT2D eigenvalue weighted by Crippen LogP contribution is 2.35. The Morgan fingerprint density at radius 3 is 2.62 bits per heavy atom. The van der Waals surface area contributed by atoms with Crippen LogP contribution in [-0.2, 0) is 9.47 Å². The van der Waals surface area contributed by atoms with Gasteiger partial charge in [0.05, 0.1) is 24.4 Å². The summed E-state index contributed by atoms with van der Waals surface area (Å²) in [7, 11) is 0. The van der Waals surface area contributed by atoms with Gasteiger partial charge in [-0.2, -0.15) is 0 Å². The van der Waals surface area contributed by atoms with Gasteiger partial charge in [-0.05, 0) is 43.9 Å². The fourth-order valence-corrected chi connectivity index (χ4v) is 2.73. The molecular formula is C18H24O3. The van der Waals surface area contributed by atoms with E-state index in [1.54, 1.807) is 0 Å². The van der Waals surface area contributed by atoms with E-state index in [0.717, 1.165) is 31.2 Å². The van der Waals surface area contributed by atoms with E-state index in [4.69, 9.17) is 9.47 Å². The first-order valence-electron chi connectivity index (χ1n) is 7.73. The van der Waals surface area contributed by atoms with E-state index < -0.39 is 0 Å². The maximum Gasteiger partial charge on any atom is 0.338 e. The lowest BCUT2D eigenvalue weighted by atomic mass is 9.93. The van der Waals surface area contributed by atoms with Gasteiger partial charge < -0.3 is 9.47 Å². The van der Waals surface area contributed by atoms with Gasteiger partial charge in [0, 0.05) is 0 Å². The molecule has 2 unspecified atom stereocenters. The number of hydrogen-bond donors (Lipinski definition) is 0. The summed E-state index contributed by atoms with van der Waals surface area (Å²) in [6.07, 6.45) is 4.33. The van der Waals surface area contributed by atoms with Crippen molar-refractivity contribution in [2.24, 2.45) is 0 Å². The Morgan fingerprint density at radius 1 is 1.29 bits per heavy atom. The van der Waals surface area contributed by atoms with Gasteiger partial charge in [0.1, 0.15) is 0 Å². The summed E-state index contributed by atoms with van der Waals surface area (Å²) < 4.78 is 11.1. The number of carbonyl (C=O) groups is 1. The van der Waals surface area contributed by atoms with Crippen LogP contribution in [0.1, 0.15) is 61.6 Å². The predicted molar refractivity (Wildman–Crippen MR) is 83.3 cm³/mol. The summed E-state index contributed by atoms with van der Waals surface area (Å²) in [4.78, 5) is 11.7. The minimum Gasteiger partial charge on any atom is -0.462 e. The van der Waals surface area contributed by atoms with Crippen LogP contribution >= 0.6 is 0 Å². The van der Waals surface area contributed by atoms with Crippen LogP contribution in [0.4, 0.5) is 0 Å². The monoisotopic (exact) mass is 288 g/mol. The largest absolute Gasteiger partial charge is 0.462 e. The summed E-state index contributed by atoms with van der Waals surface area (Å²) >= 11 is 0. The van der Waals surface area contributed by atoms with E-state index >= 15 is 0 Å². The van der Waals surface area contributed by atoms with Crippen LogP contribution < -0.4 is 0 Å². The van der Waals surface area contributed by atoms with Gasteiger partial charge in [-0.25, -0.2) is 4.79 Å². The lowest BCUT2D eigenvalue weighted by Crippen LogP contribution is -2.23. The second-order valence-corrected chi connectivity index (χ2v) is 5.54. The molecule has 1 aromatic carbocycles. The summed E-state index contributed by atoms with van der Waals surface area (Å²) in [5.41, 5.74) is 2.93. The van der Waals surface area contributed by atoms with E-state index in [0.29, 0.717) is 12.2 Å². The third-order valence-corrected chi connectivity index (χ3v) is 3.75. The zero-order chi connectivity index (χ0) is 15.2. The number of rotatable bonds is 5. The van der Waals surface area contributed by atoms with Gasteiger partial charge in [0.2, 0.25) is 0 Å². The minimum atomic E-state index is -0.276. The Bertz CT molecular complexity index is 490. The quantitative estimate of drug-likeness (QED) is 0.593. The SMILES string of the molecule is C=C1CC(CCC)OC(c2ccc(C(=O)OCC)cc2)C1. The molecule has 21 heavy (non-hydrogen) atoms. The van der Waals surface area contributed by atoms with Gasteiger partial charge in [-0.1, -0.05) is 37.6 Å². The Balaban J connectivity index is 2.07. The molecule has 0 spiro atoms. The second kappa shape index (κ2) is 7.41. The molecular weight excluding hydrogens is 264 g/mol. The number of hydrogen-bond acceptors (Lipinski definition) is 3. The van der Waals surface area contributed by atoms with Crippen LogP contribution in [0.25, 0.3) is 0 Å². The number of esters is 1. The standard InChI is InChI=1S/C18H24O3/c1-4-6-16-11-13(3)12-17(21-16)14-7-9-15(10-8-14)18(19)20-5-2/h7-10,16-17H,3-6,11-12H2,1-2H3. The topological polar surface area (TPSA) is 35.5 Å². The number of carbonyl (C=O) groups excluding carboxylic acids is 1. The molecule has 1 heterocycles. The van der Waals surface area contributed by atoms with Crippen LogP contribution in [0.3, 0.4) is 0 Å². The van der Waals surface area contributed by atoms with Crippen LogP contribution in [0.15, 0.2) is 36.4 Å². The van der Waals surface area contributed by atoms with E-state index in [1.165, 1.54) is 5.57 Å². The van der Waals surface area contributed by atoms with Crippen LogP contribution in [0.2, 0.25) is 0 Å². The van der Waals surface area contributed by atoms with E-state index in [-0.39, 0.29) is 18.2 Å². The molecule has 0 aliphatic carbocycles. The molecule has 1 aromatic rings. The molecule has 2 rings (SSSR count). The molecule has 1 aliphatic heterocycles. The fraction of sp³-hybridized carbons (Fsp3) is 0.500. The second-order valence-electron chi connectivity index (χ2n) is 5.54. The van der Waals surface area contributed by atoms with Crippen molar-refractivity contribution in [1.82, 2.24) is 0 Å². The van der Waals surface area contributed by atoms with Gasteiger partial charge in [0.15, 0.2) is 0 Å². The molecule has 1 aliphatic rings. The maximum absolute atomic E-state index is 11.7. The molecule has 0 bridgehead atoms. The normalized spacial score (nSPS) is 22.1. The zero-order valence-corrected chi connectivity index (χ0v) is 12.9. The average Bonchev–Trinajstić information content (AvgIpc) is 2.47. The Morgan fingerprint density at radius 2 is 2.00 bits per heavy atom. The lowest BCUT2D eigenvalue weighted by Gasteiger charge is -2.32. The third kappa shape index (κ3) is 4.18. The van der Waals surface area contributed by atoms with Crippen molar-refractivity contribution in [1.29, 1.82) is 0 Å². The third-order valence-electron chi connectivity index (χ3n) is 3.75. The van der Waals surface area contributed by atoms with Gasteiger partial charge in [0.25, 0.3) is 0 Å². The zero-order valence-electron chi connectivity index (χ0n) is 12.9. The van der Waals surface area contributed by atoms with Crippen molar-refractivity contribution in [2.45, 2.75) is 51.7 Å². The fourth-order valence-electron chi connectivity index (χ4n) is 2.73. The van der Waals surface area contributed by atoms with Crippen LogP contribution in [0.5, 0.6) is 0 Å². The molecule has 0 radical (unpaired) electrons.